The third-order valence-electron chi connectivity index (χ3n) is 5.05. The lowest BCUT2D eigenvalue weighted by atomic mass is 9.92. The topological polar surface area (TPSA) is 38.3 Å². The van der Waals surface area contributed by atoms with Gasteiger partial charge >= 0.3 is 0 Å². The summed E-state index contributed by atoms with van der Waals surface area (Å²) in [6.07, 6.45) is 1.03. The number of carbonyl (C=O) groups is 1. The fraction of sp³-hybridized carbons (Fsp3) is 0.350. The normalized spacial score (nSPS) is 21.7. The molecule has 2 unspecified atom stereocenters. The van der Waals surface area contributed by atoms with E-state index in [4.69, 9.17) is 4.74 Å². The van der Waals surface area contributed by atoms with Crippen molar-refractivity contribution in [1.29, 1.82) is 0 Å². The number of methoxy groups -OCH3 is 1. The Hall–Kier alpha value is -2.43. The van der Waals surface area contributed by atoms with E-state index in [-0.39, 0.29) is 18.2 Å². The quantitative estimate of drug-likeness (QED) is 0.869. The van der Waals surface area contributed by atoms with Crippen LogP contribution in [0.4, 0.5) is 8.78 Å². The first kappa shape index (κ1) is 17.4. The lowest BCUT2D eigenvalue weighted by Gasteiger charge is -2.19. The predicted octanol–water partition coefficient (Wildman–Crippen LogP) is 3.61. The molecule has 1 aliphatic carbocycles. The molecule has 1 fully saturated rings. The van der Waals surface area contributed by atoms with Crippen LogP contribution in [-0.2, 0) is 16.6 Å². The Balaban J connectivity index is 1.63. The monoisotopic (exact) mass is 345 g/mol. The second kappa shape index (κ2) is 6.82. The van der Waals surface area contributed by atoms with Crippen LogP contribution >= 0.6 is 0 Å². The Morgan fingerprint density at radius 3 is 2.48 bits per heavy atom. The van der Waals surface area contributed by atoms with Crippen LogP contribution in [-0.4, -0.2) is 19.6 Å². The molecule has 3 rings (SSSR count). The van der Waals surface area contributed by atoms with Crippen LogP contribution in [0.5, 0.6) is 5.75 Å². The Morgan fingerprint density at radius 1 is 1.24 bits per heavy atom. The number of amides is 1. The van der Waals surface area contributed by atoms with Gasteiger partial charge in [0.1, 0.15) is 17.4 Å². The number of hydrogen-bond donors (Lipinski definition) is 1. The van der Waals surface area contributed by atoms with E-state index in [0.717, 1.165) is 23.8 Å². The third-order valence-corrected chi connectivity index (χ3v) is 5.05. The third kappa shape index (κ3) is 3.65. The summed E-state index contributed by atoms with van der Waals surface area (Å²) in [7, 11) is 1.59. The van der Waals surface area contributed by atoms with Crippen LogP contribution in [0.15, 0.2) is 42.5 Å². The zero-order valence-corrected chi connectivity index (χ0v) is 14.3. The van der Waals surface area contributed by atoms with Gasteiger partial charge in [-0.15, -0.1) is 0 Å². The van der Waals surface area contributed by atoms with E-state index in [2.05, 4.69) is 5.32 Å². The average molecular weight is 345 g/mol. The fourth-order valence-electron chi connectivity index (χ4n) is 3.35. The zero-order valence-electron chi connectivity index (χ0n) is 14.3. The van der Waals surface area contributed by atoms with Gasteiger partial charge in [-0.3, -0.25) is 4.79 Å². The molecule has 0 saturated heterocycles. The lowest BCUT2D eigenvalue weighted by molar-refractivity contribution is -0.120. The Labute approximate surface area is 146 Å². The highest BCUT2D eigenvalue weighted by molar-refractivity contribution is 5.78. The Bertz CT molecular complexity index is 776. The fourth-order valence-corrected chi connectivity index (χ4v) is 3.35. The van der Waals surface area contributed by atoms with Crippen molar-refractivity contribution in [2.45, 2.75) is 25.2 Å². The second-order valence-electron chi connectivity index (χ2n) is 6.69. The number of rotatable bonds is 6. The van der Waals surface area contributed by atoms with Crippen molar-refractivity contribution in [3.8, 4) is 5.75 Å². The maximum absolute atomic E-state index is 14.1. The van der Waals surface area contributed by atoms with Crippen molar-refractivity contribution in [3.63, 3.8) is 0 Å². The molecule has 25 heavy (non-hydrogen) atoms. The molecule has 0 aromatic heterocycles. The summed E-state index contributed by atoms with van der Waals surface area (Å²) in [6.45, 7) is 2.37. The molecular formula is C20H21F2NO2. The summed E-state index contributed by atoms with van der Waals surface area (Å²) in [5.41, 5.74) is 0.920. The largest absolute Gasteiger partial charge is 0.497 e. The van der Waals surface area contributed by atoms with Crippen LogP contribution < -0.4 is 10.1 Å². The van der Waals surface area contributed by atoms with Gasteiger partial charge in [-0.2, -0.15) is 0 Å². The molecule has 0 radical (unpaired) electrons. The minimum atomic E-state index is -0.590. The molecule has 0 bridgehead atoms. The number of carbonyl (C=O) groups excluding carboxylic acids is 1. The van der Waals surface area contributed by atoms with Gasteiger partial charge in [-0.1, -0.05) is 25.1 Å². The highest BCUT2D eigenvalue weighted by Crippen LogP contribution is 2.54. The van der Waals surface area contributed by atoms with Crippen LogP contribution in [0.25, 0.3) is 0 Å². The molecule has 1 aliphatic rings. The lowest BCUT2D eigenvalue weighted by Crippen LogP contribution is -2.34. The van der Waals surface area contributed by atoms with E-state index in [1.165, 1.54) is 12.1 Å². The van der Waals surface area contributed by atoms with Gasteiger partial charge < -0.3 is 10.1 Å². The van der Waals surface area contributed by atoms with E-state index in [1.54, 1.807) is 19.2 Å². The van der Waals surface area contributed by atoms with E-state index < -0.39 is 17.0 Å². The van der Waals surface area contributed by atoms with E-state index >= 15 is 0 Å². The molecule has 2 aromatic carbocycles. The molecule has 1 saturated carbocycles. The molecular weight excluding hydrogens is 324 g/mol. The van der Waals surface area contributed by atoms with Crippen molar-refractivity contribution in [2.75, 3.05) is 13.7 Å². The van der Waals surface area contributed by atoms with E-state index in [0.29, 0.717) is 12.1 Å². The van der Waals surface area contributed by atoms with Gasteiger partial charge in [-0.05, 0) is 41.7 Å². The predicted molar refractivity (Wildman–Crippen MR) is 91.5 cm³/mol. The summed E-state index contributed by atoms with van der Waals surface area (Å²) < 4.78 is 32.4. The molecule has 1 N–H and O–H groups in total. The number of benzene rings is 2. The number of nitrogens with one attached hydrogen (secondary N) is 1. The molecule has 2 atom stereocenters. The van der Waals surface area contributed by atoms with Crippen LogP contribution in [0, 0.1) is 17.6 Å². The minimum absolute atomic E-state index is 0.119. The molecule has 2 aromatic rings. The molecule has 0 aliphatic heterocycles. The van der Waals surface area contributed by atoms with Gasteiger partial charge in [-0.25, -0.2) is 8.78 Å². The van der Waals surface area contributed by atoms with Crippen molar-refractivity contribution >= 4 is 5.91 Å². The zero-order chi connectivity index (χ0) is 18.0. The van der Waals surface area contributed by atoms with Crippen LogP contribution in [0.2, 0.25) is 0 Å². The second-order valence-corrected chi connectivity index (χ2v) is 6.69. The maximum atomic E-state index is 14.1. The first-order chi connectivity index (χ1) is 11.9. The van der Waals surface area contributed by atoms with Crippen molar-refractivity contribution < 1.29 is 18.3 Å². The standard InChI is InChI=1S/C20H21F2NO2/c1-13-11-20(13,17-8-5-15(21)10-18(17)22)12-23-19(24)9-14-3-6-16(25-2)7-4-14/h3-8,10,13H,9,11-12H2,1-2H3,(H,23,24). The summed E-state index contributed by atoms with van der Waals surface area (Å²) in [5, 5.41) is 2.90. The van der Waals surface area contributed by atoms with Gasteiger partial charge in [0.05, 0.1) is 13.5 Å². The molecule has 132 valence electrons. The minimum Gasteiger partial charge on any atom is -0.497 e. The Morgan fingerprint density at radius 2 is 1.92 bits per heavy atom. The molecule has 5 heteroatoms. The highest BCUT2D eigenvalue weighted by atomic mass is 19.1. The van der Waals surface area contributed by atoms with Gasteiger partial charge in [0, 0.05) is 18.0 Å². The van der Waals surface area contributed by atoms with Crippen LogP contribution in [0.1, 0.15) is 24.5 Å². The SMILES string of the molecule is COc1ccc(CC(=O)NCC2(c3ccc(F)cc3F)CC2C)cc1. The van der Waals surface area contributed by atoms with Crippen molar-refractivity contribution in [2.24, 2.45) is 5.92 Å². The number of hydrogen-bond acceptors (Lipinski definition) is 2. The summed E-state index contributed by atoms with van der Waals surface area (Å²) >= 11 is 0. The molecule has 0 spiro atoms. The van der Waals surface area contributed by atoms with Crippen molar-refractivity contribution in [3.05, 3.63) is 65.2 Å². The Kier molecular flexibility index (Phi) is 4.75. The molecule has 3 nitrogen and oxygen atoms in total. The first-order valence-corrected chi connectivity index (χ1v) is 8.30. The number of halogens is 2. The van der Waals surface area contributed by atoms with Crippen molar-refractivity contribution in [1.82, 2.24) is 5.32 Å². The summed E-state index contributed by atoms with van der Waals surface area (Å²) in [5.74, 6) is -0.274. The van der Waals surface area contributed by atoms with E-state index in [9.17, 15) is 13.6 Å². The van der Waals surface area contributed by atoms with E-state index in [1.807, 2.05) is 19.1 Å². The maximum Gasteiger partial charge on any atom is 0.224 e. The van der Waals surface area contributed by atoms with Gasteiger partial charge in [0.2, 0.25) is 5.91 Å². The van der Waals surface area contributed by atoms with Crippen LogP contribution in [0.3, 0.4) is 0 Å². The summed E-state index contributed by atoms with van der Waals surface area (Å²) in [4.78, 5) is 12.2. The van der Waals surface area contributed by atoms with Gasteiger partial charge in [0.25, 0.3) is 0 Å². The molecule has 0 heterocycles. The summed E-state index contributed by atoms with van der Waals surface area (Å²) in [6, 6.07) is 11.0. The number of ether oxygens (including phenoxy) is 1. The average Bonchev–Trinajstić information content (AvgIpc) is 3.24. The van der Waals surface area contributed by atoms with Gasteiger partial charge in [0.15, 0.2) is 0 Å². The first-order valence-electron chi connectivity index (χ1n) is 8.30. The highest BCUT2D eigenvalue weighted by Gasteiger charge is 2.53. The molecule has 1 amide bonds. The smallest absolute Gasteiger partial charge is 0.224 e.